The number of carbonyl (C=O) groups is 2. The maximum atomic E-state index is 13.3. The van der Waals surface area contributed by atoms with E-state index >= 15 is 0 Å². The Bertz CT molecular complexity index is 1360. The summed E-state index contributed by atoms with van der Waals surface area (Å²) < 4.78 is 90.5. The number of nitro benzene ring substituents is 1. The Labute approximate surface area is 241 Å². The number of hydrogen-bond donors (Lipinski definition) is 2. The van der Waals surface area contributed by atoms with Crippen molar-refractivity contribution in [2.24, 2.45) is 5.73 Å². The standard InChI is InChI=1S/C27H28F6N4O6/c28-26(29,30)16-1-8-23-15(11-16)12-20(43-23)14-36(25(39)24(34)38)9-10-42-19-5-2-17(3-6-19)35-18-4-7-22(37(40)41)21(13-18)27(31,32)33/h1,4,7-8,11,13,17,19-20,35H,2-3,5-6,9-10,12,14H2,(H2,34,38). The van der Waals surface area contributed by atoms with E-state index in [2.05, 4.69) is 5.32 Å². The van der Waals surface area contributed by atoms with Crippen molar-refractivity contribution in [1.82, 2.24) is 4.90 Å². The summed E-state index contributed by atoms with van der Waals surface area (Å²) in [6, 6.07) is 5.65. The van der Waals surface area contributed by atoms with E-state index in [1.807, 2.05) is 0 Å². The zero-order valence-electron chi connectivity index (χ0n) is 22.5. The second-order valence-corrected chi connectivity index (χ2v) is 10.4. The van der Waals surface area contributed by atoms with Gasteiger partial charge in [-0.3, -0.25) is 19.7 Å². The van der Waals surface area contributed by atoms with Gasteiger partial charge < -0.3 is 25.4 Å². The lowest BCUT2D eigenvalue weighted by Gasteiger charge is -2.31. The molecule has 2 aliphatic rings. The fourth-order valence-electron chi connectivity index (χ4n) is 5.23. The van der Waals surface area contributed by atoms with Crippen LogP contribution in [0.2, 0.25) is 0 Å². The molecule has 2 aromatic rings. The number of anilines is 1. The van der Waals surface area contributed by atoms with Crippen LogP contribution in [-0.4, -0.2) is 59.6 Å². The lowest BCUT2D eigenvalue weighted by molar-refractivity contribution is -0.388. The van der Waals surface area contributed by atoms with Crippen LogP contribution >= 0.6 is 0 Å². The lowest BCUT2D eigenvalue weighted by Crippen LogP contribution is -2.46. The van der Waals surface area contributed by atoms with Gasteiger partial charge in [0.05, 0.1) is 29.7 Å². The van der Waals surface area contributed by atoms with Gasteiger partial charge in [0.25, 0.3) is 5.69 Å². The summed E-state index contributed by atoms with van der Waals surface area (Å²) in [6.45, 7) is -0.114. The Balaban J connectivity index is 1.27. The van der Waals surface area contributed by atoms with E-state index in [-0.39, 0.29) is 49.7 Å². The quantitative estimate of drug-likeness (QED) is 0.180. The van der Waals surface area contributed by atoms with Gasteiger partial charge in [0.15, 0.2) is 0 Å². The summed E-state index contributed by atoms with van der Waals surface area (Å²) in [5.41, 5.74) is 2.42. The molecule has 0 saturated heterocycles. The molecule has 0 aromatic heterocycles. The average molecular weight is 619 g/mol. The van der Waals surface area contributed by atoms with Gasteiger partial charge in [-0.2, -0.15) is 26.3 Å². The summed E-state index contributed by atoms with van der Waals surface area (Å²) in [5, 5.41) is 13.9. The Morgan fingerprint density at radius 3 is 2.35 bits per heavy atom. The molecule has 0 radical (unpaired) electrons. The van der Waals surface area contributed by atoms with Crippen molar-refractivity contribution in [2.45, 2.75) is 62.7 Å². The van der Waals surface area contributed by atoms with E-state index in [0.717, 1.165) is 23.1 Å². The first-order valence-electron chi connectivity index (χ1n) is 13.3. The highest BCUT2D eigenvalue weighted by atomic mass is 19.4. The molecule has 0 bridgehead atoms. The summed E-state index contributed by atoms with van der Waals surface area (Å²) in [5.74, 6) is -1.94. The number of benzene rings is 2. The Hall–Kier alpha value is -4.08. The predicted octanol–water partition coefficient (Wildman–Crippen LogP) is 4.69. The Morgan fingerprint density at radius 2 is 1.74 bits per heavy atom. The molecule has 1 atom stereocenters. The smallest absolute Gasteiger partial charge is 0.423 e. The fraction of sp³-hybridized carbons (Fsp3) is 0.481. The first-order chi connectivity index (χ1) is 20.1. The number of nitrogens with one attached hydrogen (secondary N) is 1. The number of ether oxygens (including phenoxy) is 2. The van der Waals surface area contributed by atoms with Crippen LogP contribution < -0.4 is 15.8 Å². The Morgan fingerprint density at radius 1 is 1.05 bits per heavy atom. The van der Waals surface area contributed by atoms with Crippen molar-refractivity contribution in [3.05, 3.63) is 63.2 Å². The van der Waals surface area contributed by atoms with Crippen molar-refractivity contribution < 1.29 is 50.3 Å². The number of nitro groups is 1. The van der Waals surface area contributed by atoms with Crippen molar-refractivity contribution in [1.29, 1.82) is 0 Å². The first kappa shape index (κ1) is 31.8. The summed E-state index contributed by atoms with van der Waals surface area (Å²) in [6.07, 6.45) is -8.12. The lowest BCUT2D eigenvalue weighted by atomic mass is 9.92. The van der Waals surface area contributed by atoms with Gasteiger partial charge in [-0.25, -0.2) is 0 Å². The third-order valence-electron chi connectivity index (χ3n) is 7.31. The Kier molecular flexibility index (Phi) is 9.37. The number of carbonyl (C=O) groups excluding carboxylic acids is 2. The molecule has 1 saturated carbocycles. The van der Waals surface area contributed by atoms with Crippen LogP contribution in [0.25, 0.3) is 0 Å². The number of fused-ring (bicyclic) bond motifs is 1. The fourth-order valence-corrected chi connectivity index (χ4v) is 5.23. The van der Waals surface area contributed by atoms with Crippen LogP contribution in [-0.2, 0) is 33.1 Å². The highest BCUT2D eigenvalue weighted by molar-refractivity contribution is 6.34. The number of halogens is 6. The van der Waals surface area contributed by atoms with Crippen molar-refractivity contribution in [2.75, 3.05) is 25.0 Å². The predicted molar refractivity (Wildman–Crippen MR) is 139 cm³/mol. The largest absolute Gasteiger partial charge is 0.488 e. The number of alkyl halides is 6. The molecule has 2 aromatic carbocycles. The van der Waals surface area contributed by atoms with E-state index in [1.165, 1.54) is 12.1 Å². The van der Waals surface area contributed by atoms with Crippen molar-refractivity contribution >= 4 is 23.2 Å². The molecule has 1 fully saturated rings. The van der Waals surface area contributed by atoms with Crippen LogP contribution in [0.15, 0.2) is 36.4 Å². The molecule has 4 rings (SSSR count). The molecular weight excluding hydrogens is 590 g/mol. The first-order valence-corrected chi connectivity index (χ1v) is 13.3. The molecule has 3 N–H and O–H groups in total. The molecule has 1 aliphatic heterocycles. The van der Waals surface area contributed by atoms with E-state index in [1.54, 1.807) is 0 Å². The van der Waals surface area contributed by atoms with Crippen LogP contribution in [0.1, 0.15) is 42.4 Å². The van der Waals surface area contributed by atoms with E-state index < -0.39 is 52.0 Å². The van der Waals surface area contributed by atoms with Gasteiger partial charge in [0.2, 0.25) is 0 Å². The van der Waals surface area contributed by atoms with Crippen LogP contribution in [0.3, 0.4) is 0 Å². The minimum atomic E-state index is -4.89. The van der Waals surface area contributed by atoms with Gasteiger partial charge in [-0.05, 0) is 61.6 Å². The molecule has 0 spiro atoms. The normalized spacial score (nSPS) is 20.2. The third-order valence-corrected chi connectivity index (χ3v) is 7.31. The van der Waals surface area contributed by atoms with E-state index in [0.29, 0.717) is 37.3 Å². The number of nitrogens with two attached hydrogens (primary N) is 1. The molecule has 43 heavy (non-hydrogen) atoms. The summed E-state index contributed by atoms with van der Waals surface area (Å²) in [7, 11) is 0. The maximum absolute atomic E-state index is 13.3. The maximum Gasteiger partial charge on any atom is 0.423 e. The van der Waals surface area contributed by atoms with E-state index in [9.17, 15) is 46.0 Å². The van der Waals surface area contributed by atoms with Crippen LogP contribution in [0.5, 0.6) is 5.75 Å². The number of hydrogen-bond acceptors (Lipinski definition) is 7. The number of rotatable bonds is 9. The van der Waals surface area contributed by atoms with Gasteiger partial charge in [0, 0.05) is 30.8 Å². The zero-order valence-corrected chi connectivity index (χ0v) is 22.5. The average Bonchev–Trinajstić information content (AvgIpc) is 3.33. The molecular formula is C27H28F6N4O6. The molecule has 234 valence electrons. The SMILES string of the molecule is NC(=O)C(=O)N(CCOC1CCC(Nc2ccc([N+](=O)[O-])c(C(F)(F)F)c2)CC1)CC1Cc2cc(C(F)(F)F)ccc2O1. The van der Waals surface area contributed by atoms with Gasteiger partial charge in [-0.15, -0.1) is 0 Å². The van der Waals surface area contributed by atoms with Crippen LogP contribution in [0, 0.1) is 10.1 Å². The van der Waals surface area contributed by atoms with Gasteiger partial charge in [0.1, 0.15) is 17.4 Å². The highest BCUT2D eigenvalue weighted by Crippen LogP contribution is 2.39. The zero-order chi connectivity index (χ0) is 31.5. The second kappa shape index (κ2) is 12.7. The minimum Gasteiger partial charge on any atom is -0.488 e. The number of amides is 2. The third kappa shape index (κ3) is 8.06. The molecule has 1 aliphatic carbocycles. The van der Waals surface area contributed by atoms with E-state index in [4.69, 9.17) is 15.2 Å². The summed E-state index contributed by atoms with van der Waals surface area (Å²) in [4.78, 5) is 35.0. The van der Waals surface area contributed by atoms with Gasteiger partial charge >= 0.3 is 24.2 Å². The van der Waals surface area contributed by atoms with Gasteiger partial charge in [-0.1, -0.05) is 0 Å². The summed E-state index contributed by atoms with van der Waals surface area (Å²) >= 11 is 0. The molecule has 10 nitrogen and oxygen atoms in total. The molecule has 16 heteroatoms. The number of nitrogens with zero attached hydrogens (tertiary/aromatic N) is 2. The second-order valence-electron chi connectivity index (χ2n) is 10.4. The minimum absolute atomic E-state index is 0.0248. The topological polar surface area (TPSA) is 137 Å². The van der Waals surface area contributed by atoms with Crippen molar-refractivity contribution in [3.8, 4) is 5.75 Å². The number of primary amides is 1. The highest BCUT2D eigenvalue weighted by Gasteiger charge is 2.39. The van der Waals surface area contributed by atoms with Crippen molar-refractivity contribution in [3.63, 3.8) is 0 Å². The van der Waals surface area contributed by atoms with Crippen LogP contribution in [0.4, 0.5) is 37.7 Å². The monoisotopic (exact) mass is 618 g/mol. The molecule has 2 amide bonds. The molecule has 1 unspecified atom stereocenters. The molecule has 1 heterocycles.